The van der Waals surface area contributed by atoms with Crippen LogP contribution in [0.1, 0.15) is 37.9 Å². The van der Waals surface area contributed by atoms with Crippen molar-refractivity contribution in [1.82, 2.24) is 10.6 Å². The third kappa shape index (κ3) is 7.58. The van der Waals surface area contributed by atoms with E-state index in [1.54, 1.807) is 13.8 Å². The highest BCUT2D eigenvalue weighted by Crippen LogP contribution is 2.11. The summed E-state index contributed by atoms with van der Waals surface area (Å²) in [5, 5.41) is 5.28. The van der Waals surface area contributed by atoms with E-state index in [0.717, 1.165) is 11.1 Å². The van der Waals surface area contributed by atoms with Gasteiger partial charge in [0.05, 0.1) is 6.04 Å². The topological polar surface area (TPSA) is 93.7 Å². The molecule has 0 saturated carbocycles. The Morgan fingerprint density at radius 1 is 0.833 bits per heavy atom. The van der Waals surface area contributed by atoms with Gasteiger partial charge < -0.3 is 20.1 Å². The lowest BCUT2D eigenvalue weighted by Gasteiger charge is -2.21. The van der Waals surface area contributed by atoms with Crippen LogP contribution in [0.3, 0.4) is 0 Å². The number of alkyl carbamates (subject to hydrolysis) is 1. The average molecular weight is 412 g/mol. The molecule has 0 aromatic heterocycles. The van der Waals surface area contributed by atoms with E-state index in [9.17, 15) is 14.4 Å². The smallest absolute Gasteiger partial charge is 0.408 e. The second-order valence-electron chi connectivity index (χ2n) is 7.24. The zero-order valence-corrected chi connectivity index (χ0v) is 17.5. The number of hydrogen-bond acceptors (Lipinski definition) is 5. The molecular formula is C23H28N2O5. The van der Waals surface area contributed by atoms with Gasteiger partial charge in [-0.25, -0.2) is 9.59 Å². The van der Waals surface area contributed by atoms with E-state index in [0.29, 0.717) is 0 Å². The number of carbonyl (C=O) groups excluding carboxylic acids is 3. The summed E-state index contributed by atoms with van der Waals surface area (Å²) >= 11 is 0. The molecule has 0 aliphatic rings. The van der Waals surface area contributed by atoms with Gasteiger partial charge in [-0.15, -0.1) is 0 Å². The summed E-state index contributed by atoms with van der Waals surface area (Å²) in [6.45, 7) is 5.03. The molecule has 7 nitrogen and oxygen atoms in total. The molecule has 0 spiro atoms. The summed E-state index contributed by atoms with van der Waals surface area (Å²) in [6, 6.07) is 17.5. The van der Waals surface area contributed by atoms with Crippen molar-refractivity contribution >= 4 is 18.0 Å². The van der Waals surface area contributed by atoms with E-state index >= 15 is 0 Å². The Labute approximate surface area is 176 Å². The van der Waals surface area contributed by atoms with Gasteiger partial charge in [0.25, 0.3) is 5.91 Å². The van der Waals surface area contributed by atoms with E-state index in [2.05, 4.69) is 10.6 Å². The summed E-state index contributed by atoms with van der Waals surface area (Å²) in [5.74, 6) is -1.36. The highest BCUT2D eigenvalue weighted by molar-refractivity contribution is 5.85. The number of amides is 2. The third-order valence-corrected chi connectivity index (χ3v) is 4.43. The first-order valence-corrected chi connectivity index (χ1v) is 9.85. The van der Waals surface area contributed by atoms with Gasteiger partial charge in [0.15, 0.2) is 6.61 Å². The zero-order valence-electron chi connectivity index (χ0n) is 17.5. The van der Waals surface area contributed by atoms with Crippen LogP contribution in [0.25, 0.3) is 0 Å². The Morgan fingerprint density at radius 3 is 2.03 bits per heavy atom. The zero-order chi connectivity index (χ0) is 21.9. The summed E-state index contributed by atoms with van der Waals surface area (Å²) < 4.78 is 10.3. The number of ether oxygens (including phenoxy) is 2. The Morgan fingerprint density at radius 2 is 1.43 bits per heavy atom. The summed E-state index contributed by atoms with van der Waals surface area (Å²) in [7, 11) is 0. The largest absolute Gasteiger partial charge is 0.454 e. The van der Waals surface area contributed by atoms with Crippen LogP contribution in [-0.2, 0) is 25.7 Å². The van der Waals surface area contributed by atoms with E-state index in [1.807, 2.05) is 67.6 Å². The van der Waals surface area contributed by atoms with Gasteiger partial charge in [0.2, 0.25) is 0 Å². The van der Waals surface area contributed by atoms with Gasteiger partial charge in [-0.05, 0) is 24.0 Å². The quantitative estimate of drug-likeness (QED) is 0.616. The number of nitrogens with one attached hydrogen (secondary N) is 2. The summed E-state index contributed by atoms with van der Waals surface area (Å²) in [6.07, 6.45) is -0.725. The Bertz CT molecular complexity index is 824. The van der Waals surface area contributed by atoms with Crippen LogP contribution in [0, 0.1) is 5.92 Å². The standard InChI is InChI=1S/C23H28N2O5/c1-16(2)21(25-23(28)30-14-18-10-6-4-7-11-18)22(27)29-15-20(26)24-17(3)19-12-8-5-9-13-19/h4-13,16-17,21H,14-15H2,1-3H3,(H,24,26)(H,25,28)/t17-,21-/m0/s1. The van der Waals surface area contributed by atoms with Crippen LogP contribution >= 0.6 is 0 Å². The van der Waals surface area contributed by atoms with Crippen molar-refractivity contribution < 1.29 is 23.9 Å². The maximum Gasteiger partial charge on any atom is 0.408 e. The molecule has 0 saturated heterocycles. The fourth-order valence-corrected chi connectivity index (χ4v) is 2.72. The molecule has 160 valence electrons. The Hall–Kier alpha value is -3.35. The SMILES string of the molecule is CC(C)[C@H](NC(=O)OCc1ccccc1)C(=O)OCC(=O)N[C@@H](C)c1ccccc1. The molecule has 0 fully saturated rings. The normalized spacial score (nSPS) is 12.5. The monoisotopic (exact) mass is 412 g/mol. The maximum absolute atomic E-state index is 12.4. The van der Waals surface area contributed by atoms with Crippen LogP contribution in [0.4, 0.5) is 4.79 Å². The molecule has 0 aliphatic heterocycles. The maximum atomic E-state index is 12.4. The van der Waals surface area contributed by atoms with Gasteiger partial charge in [-0.1, -0.05) is 74.5 Å². The lowest BCUT2D eigenvalue weighted by Crippen LogP contribution is -2.46. The molecule has 0 aliphatic carbocycles. The number of benzene rings is 2. The molecule has 2 rings (SSSR count). The molecule has 30 heavy (non-hydrogen) atoms. The minimum atomic E-state index is -0.923. The van der Waals surface area contributed by atoms with Gasteiger partial charge in [0, 0.05) is 0 Å². The Balaban J connectivity index is 1.80. The van der Waals surface area contributed by atoms with Crippen molar-refractivity contribution in [2.24, 2.45) is 5.92 Å². The second kappa shape index (κ2) is 11.6. The molecular weight excluding hydrogens is 384 g/mol. The van der Waals surface area contributed by atoms with E-state index in [-0.39, 0.29) is 18.6 Å². The number of esters is 1. The second-order valence-corrected chi connectivity index (χ2v) is 7.24. The van der Waals surface area contributed by atoms with E-state index in [4.69, 9.17) is 9.47 Å². The van der Waals surface area contributed by atoms with Crippen molar-refractivity contribution in [3.05, 3.63) is 71.8 Å². The number of rotatable bonds is 9. The minimum Gasteiger partial charge on any atom is -0.454 e. The fourth-order valence-electron chi connectivity index (χ4n) is 2.72. The average Bonchev–Trinajstić information content (AvgIpc) is 2.75. The fraction of sp³-hybridized carbons (Fsp3) is 0.348. The van der Waals surface area contributed by atoms with E-state index < -0.39 is 30.6 Å². The van der Waals surface area contributed by atoms with Crippen LogP contribution < -0.4 is 10.6 Å². The number of carbonyl (C=O) groups is 3. The molecule has 0 unspecified atom stereocenters. The lowest BCUT2D eigenvalue weighted by atomic mass is 10.1. The molecule has 2 aromatic rings. The number of hydrogen-bond donors (Lipinski definition) is 2. The van der Waals surface area contributed by atoms with Gasteiger partial charge in [-0.3, -0.25) is 4.79 Å². The van der Waals surface area contributed by atoms with Crippen molar-refractivity contribution in [3.63, 3.8) is 0 Å². The first kappa shape index (κ1) is 22.9. The molecule has 2 N–H and O–H groups in total. The minimum absolute atomic E-state index is 0.0896. The first-order chi connectivity index (χ1) is 14.4. The molecule has 2 atom stereocenters. The first-order valence-electron chi connectivity index (χ1n) is 9.85. The molecule has 7 heteroatoms. The van der Waals surface area contributed by atoms with Gasteiger partial charge in [-0.2, -0.15) is 0 Å². The van der Waals surface area contributed by atoms with Crippen LogP contribution in [-0.4, -0.2) is 30.6 Å². The van der Waals surface area contributed by atoms with Crippen LogP contribution in [0.15, 0.2) is 60.7 Å². The summed E-state index contributed by atoms with van der Waals surface area (Å²) in [4.78, 5) is 36.5. The van der Waals surface area contributed by atoms with Crippen LogP contribution in [0.5, 0.6) is 0 Å². The molecule has 0 radical (unpaired) electrons. The summed E-state index contributed by atoms with van der Waals surface area (Å²) in [5.41, 5.74) is 1.78. The van der Waals surface area contributed by atoms with Crippen molar-refractivity contribution in [1.29, 1.82) is 0 Å². The molecule has 0 heterocycles. The molecule has 0 bridgehead atoms. The predicted octanol–water partition coefficient (Wildman–Crippen LogP) is 3.36. The third-order valence-electron chi connectivity index (χ3n) is 4.43. The van der Waals surface area contributed by atoms with Crippen molar-refractivity contribution in [3.8, 4) is 0 Å². The van der Waals surface area contributed by atoms with E-state index in [1.165, 1.54) is 0 Å². The van der Waals surface area contributed by atoms with Crippen molar-refractivity contribution in [2.75, 3.05) is 6.61 Å². The Kier molecular flexibility index (Phi) is 8.87. The predicted molar refractivity (Wildman–Crippen MR) is 112 cm³/mol. The lowest BCUT2D eigenvalue weighted by molar-refractivity contribution is -0.151. The highest BCUT2D eigenvalue weighted by Gasteiger charge is 2.27. The molecule has 2 amide bonds. The van der Waals surface area contributed by atoms with Crippen molar-refractivity contribution in [2.45, 2.75) is 39.5 Å². The molecule has 2 aromatic carbocycles. The van der Waals surface area contributed by atoms with Crippen LogP contribution in [0.2, 0.25) is 0 Å². The highest BCUT2D eigenvalue weighted by atomic mass is 16.6. The van der Waals surface area contributed by atoms with Gasteiger partial charge >= 0.3 is 12.1 Å². The van der Waals surface area contributed by atoms with Gasteiger partial charge in [0.1, 0.15) is 12.6 Å².